The number of carbonyl (C=O) groups is 2. The Morgan fingerprint density at radius 1 is 1.04 bits per heavy atom. The number of carbonyl (C=O) groups excluding carboxylic acids is 2. The molecule has 6 heteroatoms. The maximum Gasteiger partial charge on any atom is 0.274 e. The molecule has 114 valence electrons. The van der Waals surface area contributed by atoms with E-state index in [0.29, 0.717) is 16.8 Å². The molecule has 0 bridgehead atoms. The van der Waals surface area contributed by atoms with Crippen LogP contribution in [0, 0.1) is 11.3 Å². The van der Waals surface area contributed by atoms with Crippen molar-refractivity contribution in [2.24, 2.45) is 0 Å². The monoisotopic (exact) mass is 307 g/mol. The predicted octanol–water partition coefficient (Wildman–Crippen LogP) is 2.33. The molecule has 0 fully saturated rings. The van der Waals surface area contributed by atoms with E-state index in [-0.39, 0.29) is 5.91 Å². The standard InChI is InChI=1S/C17H13N3O3/c18-11-13-3-8-15(9-4-13)19-16(21)10-5-12-1-6-14(7-2-12)17(22)20-23/h1-10,23H,(H,19,21)(H,20,22). The number of benzene rings is 2. The molecule has 0 aliphatic rings. The molecule has 0 unspecified atom stereocenters. The summed E-state index contributed by atoms with van der Waals surface area (Å²) in [4.78, 5) is 23.0. The Bertz CT molecular complexity index is 772. The number of amides is 2. The van der Waals surface area contributed by atoms with Crippen molar-refractivity contribution in [3.05, 3.63) is 71.3 Å². The Labute approximate surface area is 132 Å². The van der Waals surface area contributed by atoms with Gasteiger partial charge in [-0.05, 0) is 48.0 Å². The lowest BCUT2D eigenvalue weighted by Crippen LogP contribution is -2.18. The molecule has 2 aromatic rings. The first-order chi connectivity index (χ1) is 11.1. The average molecular weight is 307 g/mol. The van der Waals surface area contributed by atoms with Crippen LogP contribution in [0.2, 0.25) is 0 Å². The quantitative estimate of drug-likeness (QED) is 0.458. The average Bonchev–Trinajstić information content (AvgIpc) is 2.60. The third-order valence-electron chi connectivity index (χ3n) is 2.98. The molecular weight excluding hydrogens is 294 g/mol. The van der Waals surface area contributed by atoms with Crippen molar-refractivity contribution in [3.63, 3.8) is 0 Å². The van der Waals surface area contributed by atoms with Crippen LogP contribution in [-0.2, 0) is 4.79 Å². The van der Waals surface area contributed by atoms with Gasteiger partial charge in [-0.3, -0.25) is 14.8 Å². The summed E-state index contributed by atoms with van der Waals surface area (Å²) in [7, 11) is 0. The minimum Gasteiger partial charge on any atom is -0.323 e. The first kappa shape index (κ1) is 15.9. The SMILES string of the molecule is N#Cc1ccc(NC(=O)C=Cc2ccc(C(=O)NO)cc2)cc1. The Balaban J connectivity index is 1.97. The van der Waals surface area contributed by atoms with Gasteiger partial charge in [-0.1, -0.05) is 12.1 Å². The maximum atomic E-state index is 11.8. The van der Waals surface area contributed by atoms with Gasteiger partial charge in [0.25, 0.3) is 5.91 Å². The lowest BCUT2D eigenvalue weighted by molar-refractivity contribution is -0.111. The molecule has 3 N–H and O–H groups in total. The van der Waals surface area contributed by atoms with Crippen LogP contribution in [0.25, 0.3) is 6.08 Å². The van der Waals surface area contributed by atoms with Crippen LogP contribution in [-0.4, -0.2) is 17.0 Å². The molecule has 0 spiro atoms. The van der Waals surface area contributed by atoms with E-state index < -0.39 is 5.91 Å². The van der Waals surface area contributed by atoms with Crippen LogP contribution in [0.4, 0.5) is 5.69 Å². The second-order valence-corrected chi connectivity index (χ2v) is 4.57. The van der Waals surface area contributed by atoms with Crippen molar-refractivity contribution in [1.82, 2.24) is 5.48 Å². The number of rotatable bonds is 4. The minimum atomic E-state index is -0.598. The Hall–Kier alpha value is -3.43. The fourth-order valence-corrected chi connectivity index (χ4v) is 1.79. The van der Waals surface area contributed by atoms with Gasteiger partial charge in [0.1, 0.15) is 0 Å². The molecule has 2 rings (SSSR count). The summed E-state index contributed by atoms with van der Waals surface area (Å²) < 4.78 is 0. The molecule has 2 aromatic carbocycles. The van der Waals surface area contributed by atoms with E-state index in [4.69, 9.17) is 10.5 Å². The number of nitrogens with zero attached hydrogens (tertiary/aromatic N) is 1. The Kier molecular flexibility index (Phi) is 5.23. The summed E-state index contributed by atoms with van der Waals surface area (Å²) in [5, 5.41) is 19.9. The van der Waals surface area contributed by atoms with E-state index in [0.717, 1.165) is 5.56 Å². The number of hydrogen-bond donors (Lipinski definition) is 3. The fourth-order valence-electron chi connectivity index (χ4n) is 1.79. The molecule has 0 aliphatic carbocycles. The van der Waals surface area contributed by atoms with Crippen molar-refractivity contribution < 1.29 is 14.8 Å². The topological polar surface area (TPSA) is 102 Å². The van der Waals surface area contributed by atoms with Crippen LogP contribution in [0.15, 0.2) is 54.6 Å². The van der Waals surface area contributed by atoms with Gasteiger partial charge in [0.05, 0.1) is 11.6 Å². The van der Waals surface area contributed by atoms with Gasteiger partial charge in [0.15, 0.2) is 0 Å². The second kappa shape index (κ2) is 7.54. The number of nitrogens with one attached hydrogen (secondary N) is 2. The van der Waals surface area contributed by atoms with E-state index in [1.54, 1.807) is 48.0 Å². The first-order valence-electron chi connectivity index (χ1n) is 6.66. The van der Waals surface area contributed by atoms with Crippen molar-refractivity contribution >= 4 is 23.6 Å². The van der Waals surface area contributed by atoms with E-state index in [9.17, 15) is 9.59 Å². The molecular formula is C17H13N3O3. The maximum absolute atomic E-state index is 11.8. The Morgan fingerprint density at radius 2 is 1.70 bits per heavy atom. The van der Waals surface area contributed by atoms with E-state index >= 15 is 0 Å². The summed E-state index contributed by atoms with van der Waals surface area (Å²) >= 11 is 0. The highest BCUT2D eigenvalue weighted by molar-refractivity contribution is 6.02. The Morgan fingerprint density at radius 3 is 2.26 bits per heavy atom. The molecule has 0 heterocycles. The highest BCUT2D eigenvalue weighted by Gasteiger charge is 2.02. The van der Waals surface area contributed by atoms with Gasteiger partial charge in [0, 0.05) is 17.3 Å². The van der Waals surface area contributed by atoms with E-state index in [2.05, 4.69) is 5.32 Å². The molecule has 0 radical (unpaired) electrons. The lowest BCUT2D eigenvalue weighted by Gasteiger charge is -2.02. The predicted molar refractivity (Wildman–Crippen MR) is 84.5 cm³/mol. The zero-order chi connectivity index (χ0) is 16.7. The number of nitriles is 1. The smallest absolute Gasteiger partial charge is 0.274 e. The van der Waals surface area contributed by atoms with Crippen LogP contribution >= 0.6 is 0 Å². The minimum absolute atomic E-state index is 0.312. The number of anilines is 1. The lowest BCUT2D eigenvalue weighted by atomic mass is 10.1. The molecule has 0 saturated heterocycles. The van der Waals surface area contributed by atoms with E-state index in [1.165, 1.54) is 18.2 Å². The van der Waals surface area contributed by atoms with Crippen molar-refractivity contribution in [2.45, 2.75) is 0 Å². The number of hydroxylamine groups is 1. The molecule has 23 heavy (non-hydrogen) atoms. The number of hydrogen-bond acceptors (Lipinski definition) is 4. The zero-order valence-electron chi connectivity index (χ0n) is 12.0. The molecule has 0 saturated carbocycles. The van der Waals surface area contributed by atoms with Gasteiger partial charge in [-0.15, -0.1) is 0 Å². The highest BCUT2D eigenvalue weighted by atomic mass is 16.5. The molecule has 0 aliphatic heterocycles. The van der Waals surface area contributed by atoms with E-state index in [1.807, 2.05) is 6.07 Å². The summed E-state index contributed by atoms with van der Waals surface area (Å²) in [6.07, 6.45) is 2.96. The van der Waals surface area contributed by atoms with Crippen LogP contribution in [0.5, 0.6) is 0 Å². The van der Waals surface area contributed by atoms with Gasteiger partial charge < -0.3 is 5.32 Å². The van der Waals surface area contributed by atoms with Crippen LogP contribution in [0.1, 0.15) is 21.5 Å². The summed E-state index contributed by atoms with van der Waals surface area (Å²) in [5.41, 5.74) is 3.70. The van der Waals surface area contributed by atoms with Gasteiger partial charge in [-0.2, -0.15) is 5.26 Å². The fraction of sp³-hybridized carbons (Fsp3) is 0. The highest BCUT2D eigenvalue weighted by Crippen LogP contribution is 2.10. The van der Waals surface area contributed by atoms with Crippen molar-refractivity contribution in [2.75, 3.05) is 5.32 Å². The molecule has 6 nitrogen and oxygen atoms in total. The van der Waals surface area contributed by atoms with Gasteiger partial charge in [-0.25, -0.2) is 5.48 Å². The van der Waals surface area contributed by atoms with Crippen molar-refractivity contribution in [3.8, 4) is 6.07 Å². The summed E-state index contributed by atoms with van der Waals surface area (Å²) in [6.45, 7) is 0. The summed E-state index contributed by atoms with van der Waals surface area (Å²) in [6, 6.07) is 14.9. The van der Waals surface area contributed by atoms with Gasteiger partial charge >= 0.3 is 0 Å². The first-order valence-corrected chi connectivity index (χ1v) is 6.66. The van der Waals surface area contributed by atoms with Crippen molar-refractivity contribution in [1.29, 1.82) is 5.26 Å². The van der Waals surface area contributed by atoms with Crippen LogP contribution < -0.4 is 10.8 Å². The third kappa shape index (κ3) is 4.52. The van der Waals surface area contributed by atoms with Gasteiger partial charge in [0.2, 0.25) is 5.91 Å². The molecule has 0 aromatic heterocycles. The van der Waals surface area contributed by atoms with Crippen LogP contribution in [0.3, 0.4) is 0 Å². The largest absolute Gasteiger partial charge is 0.323 e. The third-order valence-corrected chi connectivity index (χ3v) is 2.98. The summed E-state index contributed by atoms with van der Waals surface area (Å²) in [5.74, 6) is -0.911. The molecule has 2 amide bonds. The normalized spacial score (nSPS) is 10.1. The molecule has 0 atom stereocenters. The zero-order valence-corrected chi connectivity index (χ0v) is 12.0. The second-order valence-electron chi connectivity index (χ2n) is 4.57.